The van der Waals surface area contributed by atoms with Crippen molar-refractivity contribution < 1.29 is 30.7 Å². The topological polar surface area (TPSA) is 29.5 Å². The van der Waals surface area contributed by atoms with E-state index in [2.05, 4.69) is 15.5 Å². The summed E-state index contributed by atoms with van der Waals surface area (Å²) in [5.41, 5.74) is 0.956. The Bertz CT molecular complexity index is 444. The minimum absolute atomic E-state index is 0. The normalized spacial score (nSPS) is 10.3. The fraction of sp³-hybridized carbons (Fsp3) is 0.200. The van der Waals surface area contributed by atoms with Crippen LogP contribution in [0, 0.1) is 0 Å². The number of fused-ring (bicyclic) bond motifs is 1. The molecule has 0 aliphatic carbocycles. The fourth-order valence-corrected chi connectivity index (χ4v) is 2.73. The molecule has 0 bridgehead atoms. The van der Waals surface area contributed by atoms with Gasteiger partial charge in [-0.1, -0.05) is 12.1 Å². The third-order valence-corrected chi connectivity index (χ3v) is 3.28. The molecule has 1 atom stereocenters. The van der Waals surface area contributed by atoms with E-state index in [1.54, 1.807) is 11.3 Å². The maximum Gasteiger partial charge on any atom is 0.0845 e. The van der Waals surface area contributed by atoms with Crippen molar-refractivity contribution in [1.82, 2.24) is 0 Å². The molecule has 0 fully saturated rings. The summed E-state index contributed by atoms with van der Waals surface area (Å²) in [5, 5.41) is 10.2. The molecule has 0 saturated heterocycles. The standard InChI is InChI=1S/C10H11O2PS.W/c11-5-7-1-2-8-4-9(6-12-13)14-10(8)3-7;/h1-4,11H,5-6,13H2;. The Balaban J connectivity index is 0.00000112. The van der Waals surface area contributed by atoms with Crippen molar-refractivity contribution in [1.29, 1.82) is 0 Å². The molecule has 0 saturated carbocycles. The summed E-state index contributed by atoms with van der Waals surface area (Å²) in [5.74, 6) is 0. The summed E-state index contributed by atoms with van der Waals surface area (Å²) in [6.45, 7) is 0.724. The molecule has 0 aliphatic rings. The van der Waals surface area contributed by atoms with Crippen LogP contribution in [0.1, 0.15) is 10.4 Å². The number of hydrogen-bond acceptors (Lipinski definition) is 3. The zero-order valence-electron chi connectivity index (χ0n) is 7.97. The smallest absolute Gasteiger partial charge is 0.0845 e. The molecule has 2 aromatic rings. The van der Waals surface area contributed by atoms with Crippen molar-refractivity contribution in [3.8, 4) is 0 Å². The van der Waals surface area contributed by atoms with E-state index < -0.39 is 0 Å². The molecule has 1 heterocycles. The van der Waals surface area contributed by atoms with Gasteiger partial charge >= 0.3 is 0 Å². The van der Waals surface area contributed by atoms with Crippen LogP contribution < -0.4 is 0 Å². The van der Waals surface area contributed by atoms with E-state index in [4.69, 9.17) is 9.63 Å². The van der Waals surface area contributed by atoms with E-state index in [-0.39, 0.29) is 27.7 Å². The monoisotopic (exact) mass is 410 g/mol. The molecule has 0 aliphatic heterocycles. The van der Waals surface area contributed by atoms with Crippen molar-refractivity contribution in [3.05, 3.63) is 34.7 Å². The van der Waals surface area contributed by atoms with Gasteiger partial charge in [-0.3, -0.25) is 0 Å². The zero-order chi connectivity index (χ0) is 9.97. The molecule has 1 unspecified atom stereocenters. The summed E-state index contributed by atoms with van der Waals surface area (Å²) in [6.07, 6.45) is 0. The SMILES string of the molecule is OCc1ccc2cc(COP)sc2c1.[W]. The van der Waals surface area contributed by atoms with Gasteiger partial charge in [-0.25, -0.2) is 0 Å². The summed E-state index contributed by atoms with van der Waals surface area (Å²) in [4.78, 5) is 1.20. The second-order valence-electron chi connectivity index (χ2n) is 3.05. The van der Waals surface area contributed by atoms with Crippen LogP contribution in [0.2, 0.25) is 0 Å². The Kier molecular flexibility index (Phi) is 5.38. The van der Waals surface area contributed by atoms with Crippen LogP contribution in [0.3, 0.4) is 0 Å². The fourth-order valence-electron chi connectivity index (χ4n) is 1.38. The summed E-state index contributed by atoms with van der Waals surface area (Å²) < 4.78 is 6.19. The molecular formula is C10H11O2PSW. The van der Waals surface area contributed by atoms with E-state index in [9.17, 15) is 0 Å². The summed E-state index contributed by atoms with van der Waals surface area (Å²) >= 11 is 1.70. The van der Waals surface area contributed by atoms with Crippen molar-refractivity contribution in [2.45, 2.75) is 13.2 Å². The first-order valence-electron chi connectivity index (χ1n) is 4.27. The Morgan fingerprint density at radius 1 is 1.33 bits per heavy atom. The molecule has 2 rings (SSSR count). The van der Waals surface area contributed by atoms with Crippen molar-refractivity contribution in [2.75, 3.05) is 0 Å². The molecule has 80 valence electrons. The molecule has 0 radical (unpaired) electrons. The molecule has 0 spiro atoms. The van der Waals surface area contributed by atoms with Gasteiger partial charge in [0, 0.05) is 40.1 Å². The molecule has 15 heavy (non-hydrogen) atoms. The van der Waals surface area contributed by atoms with Crippen LogP contribution in [0.15, 0.2) is 24.3 Å². The van der Waals surface area contributed by atoms with Gasteiger partial charge in [0.05, 0.1) is 13.2 Å². The van der Waals surface area contributed by atoms with Crippen molar-refractivity contribution in [2.24, 2.45) is 0 Å². The van der Waals surface area contributed by atoms with Gasteiger partial charge in [-0.2, -0.15) is 0 Å². The van der Waals surface area contributed by atoms with Gasteiger partial charge in [-0.05, 0) is 23.1 Å². The van der Waals surface area contributed by atoms with E-state index in [0.717, 1.165) is 5.56 Å². The number of benzene rings is 1. The summed E-state index contributed by atoms with van der Waals surface area (Å²) in [6, 6.07) is 8.11. The molecule has 2 nitrogen and oxygen atoms in total. The average Bonchev–Trinajstić information content (AvgIpc) is 2.59. The number of rotatable bonds is 3. The maximum atomic E-state index is 8.98. The van der Waals surface area contributed by atoms with Crippen molar-refractivity contribution in [3.63, 3.8) is 0 Å². The van der Waals surface area contributed by atoms with Gasteiger partial charge < -0.3 is 9.63 Å². The molecule has 5 heteroatoms. The largest absolute Gasteiger partial charge is 0.392 e. The Morgan fingerprint density at radius 3 is 2.80 bits per heavy atom. The van der Waals surface area contributed by atoms with Gasteiger partial charge in [-0.15, -0.1) is 11.3 Å². The van der Waals surface area contributed by atoms with Gasteiger partial charge in [0.1, 0.15) is 0 Å². The Morgan fingerprint density at radius 2 is 2.13 bits per heavy atom. The first-order chi connectivity index (χ1) is 6.83. The van der Waals surface area contributed by atoms with Gasteiger partial charge in [0.15, 0.2) is 0 Å². The zero-order valence-corrected chi connectivity index (χ0v) is 12.9. The maximum absolute atomic E-state index is 8.98. The second-order valence-corrected chi connectivity index (χ2v) is 4.56. The Hall–Kier alpha value is 0.218. The van der Waals surface area contributed by atoms with E-state index in [1.165, 1.54) is 15.0 Å². The third-order valence-electron chi connectivity index (χ3n) is 2.04. The minimum Gasteiger partial charge on any atom is -0.392 e. The number of hydrogen-bond donors (Lipinski definition) is 1. The quantitative estimate of drug-likeness (QED) is 0.790. The van der Waals surface area contributed by atoms with Crippen molar-refractivity contribution >= 4 is 30.9 Å². The predicted molar refractivity (Wildman–Crippen MR) is 62.2 cm³/mol. The minimum atomic E-state index is 0. The first kappa shape index (κ1) is 13.3. The van der Waals surface area contributed by atoms with Crippen LogP contribution in [-0.4, -0.2) is 5.11 Å². The first-order valence-corrected chi connectivity index (χ1v) is 5.56. The van der Waals surface area contributed by atoms with Gasteiger partial charge in [0.25, 0.3) is 0 Å². The molecule has 1 aromatic heterocycles. The number of aliphatic hydroxyl groups is 1. The van der Waals surface area contributed by atoms with Crippen LogP contribution >= 0.6 is 20.8 Å². The van der Waals surface area contributed by atoms with Crippen LogP contribution in [0.5, 0.6) is 0 Å². The van der Waals surface area contributed by atoms with E-state index >= 15 is 0 Å². The molecule has 1 aromatic carbocycles. The number of aliphatic hydroxyl groups excluding tert-OH is 1. The van der Waals surface area contributed by atoms with Crippen LogP contribution in [-0.2, 0) is 38.8 Å². The molecule has 0 amide bonds. The number of thiophene rings is 1. The average molecular weight is 410 g/mol. The van der Waals surface area contributed by atoms with E-state index in [0.29, 0.717) is 6.61 Å². The molecular weight excluding hydrogens is 399 g/mol. The van der Waals surface area contributed by atoms with Crippen LogP contribution in [0.4, 0.5) is 0 Å². The predicted octanol–water partition coefficient (Wildman–Crippen LogP) is 2.70. The molecule has 1 N–H and O–H groups in total. The third kappa shape index (κ3) is 3.09. The van der Waals surface area contributed by atoms with Gasteiger partial charge in [0.2, 0.25) is 0 Å². The van der Waals surface area contributed by atoms with E-state index in [1.807, 2.05) is 18.2 Å². The summed E-state index contributed by atoms with van der Waals surface area (Å²) in [7, 11) is 2.25. The van der Waals surface area contributed by atoms with Crippen LogP contribution in [0.25, 0.3) is 10.1 Å². The second kappa shape index (κ2) is 6.08. The Labute approximate surface area is 109 Å².